The second-order valence-corrected chi connectivity index (χ2v) is 6.38. The number of piperidine rings is 1. The minimum Gasteiger partial charge on any atom is -0.315 e. The van der Waals surface area contributed by atoms with Crippen molar-refractivity contribution in [3.8, 4) is 6.07 Å². The number of carbonyl (C=O) groups excluding carboxylic acids is 1. The fraction of sp³-hybridized carbons (Fsp3) is 0.571. The average Bonchev–Trinajstić information content (AvgIpc) is 2.74. The summed E-state index contributed by atoms with van der Waals surface area (Å²) in [7, 11) is 0. The molecule has 0 saturated carbocycles. The molecule has 19 heavy (non-hydrogen) atoms. The number of carbonyl (C=O) groups is 1. The van der Waals surface area contributed by atoms with Crippen molar-refractivity contribution < 1.29 is 4.79 Å². The molecule has 1 saturated heterocycles. The van der Waals surface area contributed by atoms with Crippen molar-refractivity contribution >= 4 is 22.2 Å². The van der Waals surface area contributed by atoms with E-state index >= 15 is 0 Å². The molecule has 1 aliphatic rings. The van der Waals surface area contributed by atoms with Crippen LogP contribution in [0.3, 0.4) is 0 Å². The number of thiophene rings is 1. The summed E-state index contributed by atoms with van der Waals surface area (Å²) in [5, 5.41) is 14.2. The molecule has 0 bridgehead atoms. The Morgan fingerprint density at radius 1 is 1.53 bits per heavy atom. The van der Waals surface area contributed by atoms with Gasteiger partial charge in [-0.1, -0.05) is 13.8 Å². The minimum atomic E-state index is -0.0275. The van der Waals surface area contributed by atoms with Crippen LogP contribution in [0.4, 0.5) is 5.00 Å². The Morgan fingerprint density at radius 2 is 2.21 bits per heavy atom. The highest BCUT2D eigenvalue weighted by Crippen LogP contribution is 2.23. The molecular weight excluding hydrogens is 258 g/mol. The van der Waals surface area contributed by atoms with Gasteiger partial charge in [-0.15, -0.1) is 11.3 Å². The number of nitrogens with zero attached hydrogens (tertiary/aromatic N) is 2. The highest BCUT2D eigenvalue weighted by molar-refractivity contribution is 7.14. The molecule has 2 atom stereocenters. The fourth-order valence-corrected chi connectivity index (χ4v) is 3.54. The number of nitriles is 1. The van der Waals surface area contributed by atoms with Gasteiger partial charge >= 0.3 is 0 Å². The van der Waals surface area contributed by atoms with E-state index in [1.165, 1.54) is 17.8 Å². The Hall–Kier alpha value is -1.38. The lowest BCUT2D eigenvalue weighted by molar-refractivity contribution is -0.117. The normalized spacial score (nSPS) is 23.8. The van der Waals surface area contributed by atoms with Gasteiger partial charge in [0.15, 0.2) is 0 Å². The van der Waals surface area contributed by atoms with Crippen LogP contribution < -0.4 is 5.32 Å². The lowest BCUT2D eigenvalue weighted by Crippen LogP contribution is -2.42. The second-order valence-electron chi connectivity index (χ2n) is 5.46. The molecule has 2 heterocycles. The van der Waals surface area contributed by atoms with Crippen molar-refractivity contribution in [2.75, 3.05) is 25.0 Å². The Balaban J connectivity index is 1.89. The summed E-state index contributed by atoms with van der Waals surface area (Å²) in [4.78, 5) is 14.2. The van der Waals surface area contributed by atoms with Crippen LogP contribution in [-0.2, 0) is 4.79 Å². The van der Waals surface area contributed by atoms with Crippen molar-refractivity contribution in [3.63, 3.8) is 0 Å². The van der Waals surface area contributed by atoms with Crippen molar-refractivity contribution in [3.05, 3.63) is 17.0 Å². The largest absolute Gasteiger partial charge is 0.315 e. The van der Waals surface area contributed by atoms with Crippen LogP contribution >= 0.6 is 11.3 Å². The molecule has 1 fully saturated rings. The zero-order valence-electron chi connectivity index (χ0n) is 11.3. The molecular formula is C14H19N3OS. The maximum absolute atomic E-state index is 12.0. The fourth-order valence-electron chi connectivity index (χ4n) is 2.78. The van der Waals surface area contributed by atoms with Crippen LogP contribution in [0.5, 0.6) is 0 Å². The topological polar surface area (TPSA) is 56.1 Å². The third-order valence-corrected chi connectivity index (χ3v) is 4.18. The maximum Gasteiger partial charge on any atom is 0.239 e. The highest BCUT2D eigenvalue weighted by Gasteiger charge is 2.23. The van der Waals surface area contributed by atoms with E-state index < -0.39 is 0 Å². The summed E-state index contributed by atoms with van der Waals surface area (Å²) in [5.41, 5.74) is 0.540. The predicted octanol–water partition coefficient (Wildman–Crippen LogP) is 2.54. The molecule has 0 radical (unpaired) electrons. The third kappa shape index (κ3) is 3.79. The standard InChI is InChI=1S/C14H19N3OS/c1-10-5-11(2)8-17(7-10)9-13(18)16-14-12(6-15)3-4-19-14/h3-4,10-11H,5,7-9H2,1-2H3,(H,16,18)/t10-,11-/m0/s1. The van der Waals surface area contributed by atoms with Gasteiger partial charge in [0, 0.05) is 13.1 Å². The van der Waals surface area contributed by atoms with Gasteiger partial charge in [0.2, 0.25) is 5.91 Å². The number of hydrogen-bond donors (Lipinski definition) is 1. The molecule has 0 unspecified atom stereocenters. The molecule has 5 heteroatoms. The number of rotatable bonds is 3. The van der Waals surface area contributed by atoms with Crippen LogP contribution in [0, 0.1) is 23.2 Å². The lowest BCUT2D eigenvalue weighted by Gasteiger charge is -2.34. The van der Waals surface area contributed by atoms with Gasteiger partial charge in [0.05, 0.1) is 12.1 Å². The van der Waals surface area contributed by atoms with E-state index in [9.17, 15) is 4.79 Å². The van der Waals surface area contributed by atoms with Gasteiger partial charge in [-0.25, -0.2) is 0 Å². The van der Waals surface area contributed by atoms with Gasteiger partial charge in [0.1, 0.15) is 11.1 Å². The summed E-state index contributed by atoms with van der Waals surface area (Å²) < 4.78 is 0. The molecule has 2 rings (SSSR count). The molecule has 1 aromatic rings. The van der Waals surface area contributed by atoms with Gasteiger partial charge in [0.25, 0.3) is 0 Å². The molecule has 0 spiro atoms. The van der Waals surface area contributed by atoms with Crippen molar-refractivity contribution in [1.82, 2.24) is 4.90 Å². The zero-order chi connectivity index (χ0) is 13.8. The van der Waals surface area contributed by atoms with Crippen LogP contribution in [0.1, 0.15) is 25.8 Å². The molecule has 1 N–H and O–H groups in total. The molecule has 1 aromatic heterocycles. The highest BCUT2D eigenvalue weighted by atomic mass is 32.1. The summed E-state index contributed by atoms with van der Waals surface area (Å²) in [6, 6.07) is 3.81. The maximum atomic E-state index is 12.0. The first-order valence-electron chi connectivity index (χ1n) is 6.58. The van der Waals surface area contributed by atoms with E-state index in [1.54, 1.807) is 6.07 Å². The van der Waals surface area contributed by atoms with Gasteiger partial charge in [-0.3, -0.25) is 9.69 Å². The van der Waals surface area contributed by atoms with Gasteiger partial charge in [-0.05, 0) is 29.7 Å². The van der Waals surface area contributed by atoms with Gasteiger partial charge < -0.3 is 5.32 Å². The van der Waals surface area contributed by atoms with E-state index in [2.05, 4.69) is 30.1 Å². The monoisotopic (exact) mass is 277 g/mol. The SMILES string of the molecule is C[C@H]1C[C@H](C)CN(CC(=O)Nc2sccc2C#N)C1. The zero-order valence-corrected chi connectivity index (χ0v) is 12.2. The molecule has 1 amide bonds. The Kier molecular flexibility index (Phi) is 4.56. The minimum absolute atomic E-state index is 0.0275. The lowest BCUT2D eigenvalue weighted by atomic mass is 9.92. The first-order valence-corrected chi connectivity index (χ1v) is 7.46. The molecule has 102 valence electrons. The van der Waals surface area contributed by atoms with E-state index in [1.807, 2.05) is 5.38 Å². The number of hydrogen-bond acceptors (Lipinski definition) is 4. The Morgan fingerprint density at radius 3 is 2.84 bits per heavy atom. The van der Waals surface area contributed by atoms with E-state index in [0.29, 0.717) is 28.9 Å². The summed E-state index contributed by atoms with van der Waals surface area (Å²) >= 11 is 1.39. The molecule has 0 aromatic carbocycles. The van der Waals surface area contributed by atoms with Crippen LogP contribution in [-0.4, -0.2) is 30.4 Å². The summed E-state index contributed by atoms with van der Waals surface area (Å²) in [6.45, 7) is 6.83. The molecule has 0 aliphatic carbocycles. The summed E-state index contributed by atoms with van der Waals surface area (Å²) in [5.74, 6) is 1.26. The van der Waals surface area contributed by atoms with Crippen LogP contribution in [0.25, 0.3) is 0 Å². The van der Waals surface area contributed by atoms with E-state index in [-0.39, 0.29) is 5.91 Å². The smallest absolute Gasteiger partial charge is 0.239 e. The van der Waals surface area contributed by atoms with Crippen molar-refractivity contribution in [1.29, 1.82) is 5.26 Å². The number of anilines is 1. The van der Waals surface area contributed by atoms with E-state index in [0.717, 1.165) is 13.1 Å². The van der Waals surface area contributed by atoms with Crippen molar-refractivity contribution in [2.45, 2.75) is 20.3 Å². The summed E-state index contributed by atoms with van der Waals surface area (Å²) in [6.07, 6.45) is 1.24. The first-order chi connectivity index (χ1) is 9.08. The average molecular weight is 277 g/mol. The Labute approximate surface area is 118 Å². The molecule has 4 nitrogen and oxygen atoms in total. The first kappa shape index (κ1) is 14.0. The number of likely N-dealkylation sites (tertiary alicyclic amines) is 1. The van der Waals surface area contributed by atoms with Gasteiger partial charge in [-0.2, -0.15) is 5.26 Å². The Bertz CT molecular complexity index is 481. The molecule has 1 aliphatic heterocycles. The van der Waals surface area contributed by atoms with Crippen LogP contribution in [0.15, 0.2) is 11.4 Å². The van der Waals surface area contributed by atoms with Crippen LogP contribution in [0.2, 0.25) is 0 Å². The second kappa shape index (κ2) is 6.18. The number of nitrogens with one attached hydrogen (secondary N) is 1. The van der Waals surface area contributed by atoms with Crippen molar-refractivity contribution in [2.24, 2.45) is 11.8 Å². The number of amides is 1. The third-order valence-electron chi connectivity index (χ3n) is 3.35. The predicted molar refractivity (Wildman–Crippen MR) is 77.0 cm³/mol. The quantitative estimate of drug-likeness (QED) is 0.923. The van der Waals surface area contributed by atoms with E-state index in [4.69, 9.17) is 5.26 Å².